The molecule has 2 aliphatic rings. The Labute approximate surface area is 311 Å². The van der Waals surface area contributed by atoms with Crippen molar-refractivity contribution in [3.8, 4) is 4.37 Å². The van der Waals surface area contributed by atoms with E-state index < -0.39 is 7.26 Å². The molecule has 0 bridgehead atoms. The summed E-state index contributed by atoms with van der Waals surface area (Å²) in [6.45, 7) is 5.09. The molecule has 7 rings (SSSR count). The second-order valence-electron chi connectivity index (χ2n) is 11.8. The minimum atomic E-state index is -2.48. The third kappa shape index (κ3) is 6.23. The van der Waals surface area contributed by atoms with Crippen molar-refractivity contribution in [2.45, 2.75) is 13.8 Å². The molecule has 247 valence electrons. The van der Waals surface area contributed by atoms with E-state index >= 15 is 0 Å². The molecular formula is C43H33O3OsPS2+. The first-order chi connectivity index (χ1) is 24.5. The van der Waals surface area contributed by atoms with Crippen LogP contribution in [0.5, 0.6) is 0 Å². The molecule has 1 aliphatic carbocycles. The van der Waals surface area contributed by atoms with Gasteiger partial charge in [0.1, 0.15) is 0 Å². The maximum absolute atomic E-state index is 13.7. The molecule has 1 saturated heterocycles. The van der Waals surface area contributed by atoms with Gasteiger partial charge >= 0.3 is 294 Å². The van der Waals surface area contributed by atoms with E-state index in [1.807, 2.05) is 31.2 Å². The summed E-state index contributed by atoms with van der Waals surface area (Å²) in [6.07, 6.45) is 12.4. The fourth-order valence-electron chi connectivity index (χ4n) is 6.58. The predicted molar refractivity (Wildman–Crippen MR) is 208 cm³/mol. The Morgan fingerprint density at radius 1 is 0.720 bits per heavy atom. The fourth-order valence-corrected chi connectivity index (χ4v) is 14.5. The average molecular weight is 883 g/mol. The van der Waals surface area contributed by atoms with Crippen LogP contribution in [0, 0.1) is 4.37 Å². The van der Waals surface area contributed by atoms with Crippen LogP contribution in [0.4, 0.5) is 0 Å². The number of carbonyl (C=O) groups excluding carboxylic acids is 2. The van der Waals surface area contributed by atoms with E-state index in [-0.39, 0.29) is 11.6 Å². The van der Waals surface area contributed by atoms with Crippen molar-refractivity contribution in [2.75, 3.05) is 13.2 Å². The molecule has 0 N–H and O–H groups in total. The van der Waals surface area contributed by atoms with Gasteiger partial charge in [0.25, 0.3) is 0 Å². The Hall–Kier alpha value is -4.09. The van der Waals surface area contributed by atoms with Gasteiger partial charge in [0, 0.05) is 0 Å². The summed E-state index contributed by atoms with van der Waals surface area (Å²) in [5.41, 5.74) is 4.31. The first kappa shape index (κ1) is 34.4. The Morgan fingerprint density at radius 3 is 1.66 bits per heavy atom. The van der Waals surface area contributed by atoms with Gasteiger partial charge in [-0.15, -0.1) is 0 Å². The summed E-state index contributed by atoms with van der Waals surface area (Å²) < 4.78 is 9.69. The van der Waals surface area contributed by atoms with E-state index in [1.54, 1.807) is 17.9 Å². The number of carbonyl (C=O) groups is 2. The molecule has 1 fully saturated rings. The van der Waals surface area contributed by atoms with Crippen molar-refractivity contribution in [1.82, 2.24) is 0 Å². The van der Waals surface area contributed by atoms with Gasteiger partial charge in [-0.1, -0.05) is 6.08 Å². The molecule has 1 aliphatic heterocycles. The SMILES string of the molecule is CC=C1COCC1=CC(/C=C/c1cc2c(s1)C(=O)c1cc(/C=C/C)sc1C2=O)=C([C]#[Os])[P+](c1ccccc1)(c1ccccc1)c1ccccc1. The first-order valence-electron chi connectivity index (χ1n) is 16.3. The second kappa shape index (κ2) is 15.0. The van der Waals surface area contributed by atoms with Gasteiger partial charge in [-0.2, -0.15) is 0 Å². The monoisotopic (exact) mass is 884 g/mol. The van der Waals surface area contributed by atoms with Crippen molar-refractivity contribution in [1.29, 1.82) is 0 Å². The van der Waals surface area contributed by atoms with Crippen LogP contribution in [0.1, 0.15) is 54.1 Å². The summed E-state index contributed by atoms with van der Waals surface area (Å²) in [7, 11) is -2.48. The van der Waals surface area contributed by atoms with Crippen LogP contribution in [-0.4, -0.2) is 24.8 Å². The number of allylic oxidation sites excluding steroid dienone is 6. The second-order valence-corrected chi connectivity index (χ2v) is 18.0. The number of ether oxygens (including phenoxy) is 1. The van der Waals surface area contributed by atoms with Crippen LogP contribution in [-0.2, 0) is 22.7 Å². The molecule has 3 aromatic carbocycles. The maximum atomic E-state index is 13.7. The van der Waals surface area contributed by atoms with E-state index in [1.165, 1.54) is 44.2 Å². The van der Waals surface area contributed by atoms with Gasteiger partial charge in [-0.05, 0) is 13.0 Å². The number of fused-ring (bicyclic) bond motifs is 2. The number of thiophene rings is 2. The van der Waals surface area contributed by atoms with Crippen LogP contribution in [0.2, 0.25) is 0 Å². The van der Waals surface area contributed by atoms with Gasteiger partial charge in [-0.3, -0.25) is 0 Å². The molecule has 3 heterocycles. The Bertz CT molecular complexity index is 2150. The summed E-state index contributed by atoms with van der Waals surface area (Å²) >= 11 is 4.51. The third-order valence-electron chi connectivity index (χ3n) is 8.89. The van der Waals surface area contributed by atoms with Crippen molar-refractivity contribution in [3.63, 3.8) is 0 Å². The first-order valence-corrected chi connectivity index (χ1v) is 21.0. The molecule has 3 nitrogen and oxygen atoms in total. The molecule has 0 unspecified atom stereocenters. The number of hydrogen-bond donors (Lipinski definition) is 0. The van der Waals surface area contributed by atoms with Crippen LogP contribution < -0.4 is 15.9 Å². The zero-order valence-corrected chi connectivity index (χ0v) is 32.6. The standard InChI is InChI=1S/C43H33O3PS2.Os/c1-4-15-36-25-38-40(44)43-39(41(45)42(38)48-36)26-37(49-43)23-22-31(24-32-28-46-27-30(32)5-2)29(3)47(33-16-9-6-10-17-33,34-18-11-7-12-19-34)35-20-13-8-14-21-35;/h4-26H,27-28H2,1-2H3;/q+1;/b15-4+,23-22+,30-5?,31-29?,32-24?;. The molecule has 0 atom stereocenters. The van der Waals surface area contributed by atoms with Crippen molar-refractivity contribution < 1.29 is 32.3 Å². The van der Waals surface area contributed by atoms with Crippen molar-refractivity contribution in [2.24, 2.45) is 0 Å². The van der Waals surface area contributed by atoms with E-state index in [0.29, 0.717) is 34.1 Å². The number of benzene rings is 3. The van der Waals surface area contributed by atoms with Gasteiger partial charge in [0.2, 0.25) is 0 Å². The predicted octanol–water partition coefficient (Wildman–Crippen LogP) is 9.29. The zero-order chi connectivity index (χ0) is 34.7. The van der Waals surface area contributed by atoms with E-state index in [9.17, 15) is 9.59 Å². The van der Waals surface area contributed by atoms with Crippen LogP contribution in [0.3, 0.4) is 0 Å². The van der Waals surface area contributed by atoms with Crippen LogP contribution in [0.25, 0.3) is 12.2 Å². The molecular weight excluding hydrogens is 850 g/mol. The minimum absolute atomic E-state index is 0.0794. The number of hydrogen-bond acceptors (Lipinski definition) is 5. The van der Waals surface area contributed by atoms with E-state index in [0.717, 1.165) is 26.2 Å². The summed E-state index contributed by atoms with van der Waals surface area (Å²) in [5, 5.41) is 4.81. The van der Waals surface area contributed by atoms with Crippen LogP contribution in [0.15, 0.2) is 149 Å². The summed E-state index contributed by atoms with van der Waals surface area (Å²) in [4.78, 5) is 30.1. The topological polar surface area (TPSA) is 43.4 Å². The number of rotatable bonds is 8. The van der Waals surface area contributed by atoms with E-state index in [2.05, 4.69) is 127 Å². The summed E-state index contributed by atoms with van der Waals surface area (Å²) in [5.74, 6) is -0.159. The fraction of sp³-hybridized carbons (Fsp3) is 0.0930. The molecule has 2 aromatic heterocycles. The van der Waals surface area contributed by atoms with E-state index in [4.69, 9.17) is 4.74 Å². The van der Waals surface area contributed by atoms with Gasteiger partial charge < -0.3 is 0 Å². The molecule has 0 amide bonds. The van der Waals surface area contributed by atoms with Gasteiger partial charge in [0.15, 0.2) is 0 Å². The average Bonchev–Trinajstić information content (AvgIpc) is 3.92. The van der Waals surface area contributed by atoms with Gasteiger partial charge in [-0.25, -0.2) is 0 Å². The molecule has 7 heteroatoms. The molecule has 5 aromatic rings. The van der Waals surface area contributed by atoms with Crippen molar-refractivity contribution >= 4 is 69.6 Å². The summed E-state index contributed by atoms with van der Waals surface area (Å²) in [6, 6.07) is 36.1. The molecule has 0 saturated carbocycles. The third-order valence-corrected chi connectivity index (χ3v) is 16.5. The molecule has 0 radical (unpaired) electrons. The Morgan fingerprint density at radius 2 is 1.20 bits per heavy atom. The van der Waals surface area contributed by atoms with Gasteiger partial charge in [0.05, 0.1) is 0 Å². The Kier molecular flexibility index (Phi) is 10.3. The normalized spacial score (nSPS) is 16.7. The quantitative estimate of drug-likeness (QED) is 0.113. The molecule has 0 spiro atoms. The molecule has 50 heavy (non-hydrogen) atoms. The Balaban J connectivity index is 1.46. The zero-order valence-electron chi connectivity index (χ0n) is 27.5. The van der Waals surface area contributed by atoms with Crippen molar-refractivity contribution in [3.05, 3.63) is 180 Å². The number of ketones is 2. The van der Waals surface area contributed by atoms with Crippen LogP contribution >= 0.6 is 29.9 Å².